The number of benzene rings is 1. The van der Waals surface area contributed by atoms with Gasteiger partial charge in [0.15, 0.2) is 11.5 Å². The molecule has 4 heteroatoms. The molecule has 1 aromatic carbocycles. The quantitative estimate of drug-likeness (QED) is 0.930. The molecule has 2 heterocycles. The minimum Gasteiger partial charge on any atom is -0.486 e. The van der Waals surface area contributed by atoms with Crippen LogP contribution in [0.2, 0.25) is 0 Å². The normalized spacial score (nSPS) is 13.5. The van der Waals surface area contributed by atoms with E-state index in [1.165, 1.54) is 9.75 Å². The Bertz CT molecular complexity index is 565. The highest BCUT2D eigenvalue weighted by atomic mass is 32.1. The Morgan fingerprint density at radius 1 is 1.11 bits per heavy atom. The molecule has 0 spiro atoms. The second-order valence-corrected chi connectivity index (χ2v) is 5.93. The lowest BCUT2D eigenvalue weighted by molar-refractivity contribution is 0.169. The maximum Gasteiger partial charge on any atom is 0.165 e. The van der Waals surface area contributed by atoms with Crippen LogP contribution < -0.4 is 14.8 Å². The summed E-state index contributed by atoms with van der Waals surface area (Å²) in [6.45, 7) is 5.09. The van der Waals surface area contributed by atoms with Gasteiger partial charge in [-0.1, -0.05) is 12.1 Å². The van der Waals surface area contributed by atoms with E-state index in [0.29, 0.717) is 13.2 Å². The van der Waals surface area contributed by atoms with Gasteiger partial charge in [-0.2, -0.15) is 0 Å². The van der Waals surface area contributed by atoms with Crippen LogP contribution in [-0.2, 0) is 13.1 Å². The van der Waals surface area contributed by atoms with E-state index in [2.05, 4.69) is 30.4 Å². The van der Waals surface area contributed by atoms with E-state index in [1.54, 1.807) is 0 Å². The second-order valence-electron chi connectivity index (χ2n) is 4.56. The third-order valence-corrected chi connectivity index (χ3v) is 4.06. The zero-order valence-electron chi connectivity index (χ0n) is 10.9. The fourth-order valence-electron chi connectivity index (χ4n) is 2.17. The number of ether oxygens (including phenoxy) is 2. The number of aryl methyl sites for hydroxylation is 1. The minimum absolute atomic E-state index is 0.633. The molecule has 19 heavy (non-hydrogen) atoms. The first-order valence-corrected chi connectivity index (χ1v) is 7.28. The standard InChI is InChI=1S/C15H17NO2S/c1-11-5-6-13(19-11)10-16-9-12-3-2-4-14-15(12)18-8-7-17-14/h2-6,16H,7-10H2,1H3. The van der Waals surface area contributed by atoms with Crippen LogP contribution in [0.15, 0.2) is 30.3 Å². The van der Waals surface area contributed by atoms with Crippen LogP contribution in [0.3, 0.4) is 0 Å². The minimum atomic E-state index is 0.633. The highest BCUT2D eigenvalue weighted by Crippen LogP contribution is 2.33. The van der Waals surface area contributed by atoms with E-state index in [4.69, 9.17) is 9.47 Å². The molecular weight excluding hydrogens is 258 g/mol. The van der Waals surface area contributed by atoms with Crippen LogP contribution in [0.25, 0.3) is 0 Å². The fraction of sp³-hybridized carbons (Fsp3) is 0.333. The zero-order valence-corrected chi connectivity index (χ0v) is 11.8. The van der Waals surface area contributed by atoms with Crippen LogP contribution in [-0.4, -0.2) is 13.2 Å². The van der Waals surface area contributed by atoms with Crippen molar-refractivity contribution in [2.75, 3.05) is 13.2 Å². The molecule has 0 saturated carbocycles. The summed E-state index contributed by atoms with van der Waals surface area (Å²) in [5, 5.41) is 3.46. The Morgan fingerprint density at radius 2 is 2.00 bits per heavy atom. The summed E-state index contributed by atoms with van der Waals surface area (Å²) in [5.41, 5.74) is 1.16. The lowest BCUT2D eigenvalue weighted by atomic mass is 10.1. The van der Waals surface area contributed by atoms with E-state index >= 15 is 0 Å². The molecule has 0 radical (unpaired) electrons. The van der Waals surface area contributed by atoms with Crippen molar-refractivity contribution < 1.29 is 9.47 Å². The van der Waals surface area contributed by atoms with E-state index in [-0.39, 0.29) is 0 Å². The van der Waals surface area contributed by atoms with Crippen LogP contribution in [0.4, 0.5) is 0 Å². The first-order valence-electron chi connectivity index (χ1n) is 6.46. The Hall–Kier alpha value is -1.52. The molecule has 0 saturated heterocycles. The largest absolute Gasteiger partial charge is 0.486 e. The van der Waals surface area contributed by atoms with Crippen molar-refractivity contribution in [2.24, 2.45) is 0 Å². The van der Waals surface area contributed by atoms with Gasteiger partial charge in [0, 0.05) is 28.4 Å². The number of rotatable bonds is 4. The SMILES string of the molecule is Cc1ccc(CNCc2cccc3c2OCCO3)s1. The molecular formula is C15H17NO2S. The van der Waals surface area contributed by atoms with Crippen molar-refractivity contribution in [3.63, 3.8) is 0 Å². The van der Waals surface area contributed by atoms with E-state index in [9.17, 15) is 0 Å². The van der Waals surface area contributed by atoms with Crippen LogP contribution >= 0.6 is 11.3 Å². The molecule has 0 amide bonds. The van der Waals surface area contributed by atoms with Crippen molar-refractivity contribution in [1.82, 2.24) is 5.32 Å². The lowest BCUT2D eigenvalue weighted by Gasteiger charge is -2.21. The molecule has 3 nitrogen and oxygen atoms in total. The molecule has 0 bridgehead atoms. The van der Waals surface area contributed by atoms with E-state index in [1.807, 2.05) is 23.5 Å². The number of fused-ring (bicyclic) bond motifs is 1. The molecule has 1 N–H and O–H groups in total. The van der Waals surface area contributed by atoms with Gasteiger partial charge in [-0.25, -0.2) is 0 Å². The second kappa shape index (κ2) is 5.63. The lowest BCUT2D eigenvalue weighted by Crippen LogP contribution is -2.19. The van der Waals surface area contributed by atoms with Gasteiger partial charge < -0.3 is 14.8 Å². The van der Waals surface area contributed by atoms with Crippen LogP contribution in [0.1, 0.15) is 15.3 Å². The monoisotopic (exact) mass is 275 g/mol. The van der Waals surface area contributed by atoms with E-state index < -0.39 is 0 Å². The van der Waals surface area contributed by atoms with Crippen LogP contribution in [0, 0.1) is 6.92 Å². The van der Waals surface area contributed by atoms with Gasteiger partial charge in [0.05, 0.1) is 0 Å². The maximum absolute atomic E-state index is 5.70. The Morgan fingerprint density at radius 3 is 2.84 bits per heavy atom. The number of para-hydroxylation sites is 1. The molecule has 0 aliphatic carbocycles. The summed E-state index contributed by atoms with van der Waals surface area (Å²) in [5.74, 6) is 1.75. The summed E-state index contributed by atoms with van der Waals surface area (Å²) in [7, 11) is 0. The summed E-state index contributed by atoms with van der Waals surface area (Å²) in [6, 6.07) is 10.4. The van der Waals surface area contributed by atoms with Gasteiger partial charge in [-0.3, -0.25) is 0 Å². The molecule has 100 valence electrons. The topological polar surface area (TPSA) is 30.5 Å². The number of nitrogens with one attached hydrogen (secondary N) is 1. The average Bonchev–Trinajstić information content (AvgIpc) is 2.85. The predicted octanol–water partition coefficient (Wildman–Crippen LogP) is 3.12. The summed E-state index contributed by atoms with van der Waals surface area (Å²) < 4.78 is 11.3. The smallest absolute Gasteiger partial charge is 0.165 e. The zero-order chi connectivity index (χ0) is 13.1. The van der Waals surface area contributed by atoms with Crippen molar-refractivity contribution in [3.05, 3.63) is 45.6 Å². The highest BCUT2D eigenvalue weighted by molar-refractivity contribution is 7.11. The molecule has 2 aromatic rings. The van der Waals surface area contributed by atoms with Crippen molar-refractivity contribution in [1.29, 1.82) is 0 Å². The van der Waals surface area contributed by atoms with Crippen molar-refractivity contribution in [2.45, 2.75) is 20.0 Å². The highest BCUT2D eigenvalue weighted by Gasteiger charge is 2.14. The Kier molecular flexibility index (Phi) is 3.71. The molecule has 3 rings (SSSR count). The molecule has 1 aromatic heterocycles. The number of thiophene rings is 1. The Balaban J connectivity index is 1.64. The first kappa shape index (κ1) is 12.5. The molecule has 1 aliphatic rings. The third kappa shape index (κ3) is 2.91. The summed E-state index contributed by atoms with van der Waals surface area (Å²) >= 11 is 1.83. The third-order valence-electron chi connectivity index (χ3n) is 3.06. The van der Waals surface area contributed by atoms with E-state index in [0.717, 1.165) is 30.2 Å². The Labute approximate surface area is 117 Å². The van der Waals surface area contributed by atoms with Gasteiger partial charge in [0.2, 0.25) is 0 Å². The van der Waals surface area contributed by atoms with Gasteiger partial charge in [-0.05, 0) is 25.1 Å². The average molecular weight is 275 g/mol. The van der Waals surface area contributed by atoms with Gasteiger partial charge in [0.25, 0.3) is 0 Å². The number of hydrogen-bond donors (Lipinski definition) is 1. The predicted molar refractivity (Wildman–Crippen MR) is 77.0 cm³/mol. The van der Waals surface area contributed by atoms with Gasteiger partial charge >= 0.3 is 0 Å². The van der Waals surface area contributed by atoms with Crippen molar-refractivity contribution in [3.8, 4) is 11.5 Å². The first-order chi connectivity index (χ1) is 9.33. The molecule has 0 atom stereocenters. The van der Waals surface area contributed by atoms with Gasteiger partial charge in [0.1, 0.15) is 13.2 Å². The molecule has 0 unspecified atom stereocenters. The molecule has 1 aliphatic heterocycles. The molecule has 0 fully saturated rings. The maximum atomic E-state index is 5.70. The summed E-state index contributed by atoms with van der Waals surface area (Å²) in [6.07, 6.45) is 0. The fourth-order valence-corrected chi connectivity index (χ4v) is 3.03. The number of hydrogen-bond acceptors (Lipinski definition) is 4. The summed E-state index contributed by atoms with van der Waals surface area (Å²) in [4.78, 5) is 2.71. The van der Waals surface area contributed by atoms with Crippen molar-refractivity contribution >= 4 is 11.3 Å². The van der Waals surface area contributed by atoms with Crippen LogP contribution in [0.5, 0.6) is 11.5 Å². The van der Waals surface area contributed by atoms with Gasteiger partial charge in [-0.15, -0.1) is 11.3 Å².